The molecule has 2 rings (SSSR count). The highest BCUT2D eigenvalue weighted by Crippen LogP contribution is 2.30. The molecule has 0 saturated carbocycles. The van der Waals surface area contributed by atoms with E-state index in [0.717, 1.165) is 24.8 Å². The van der Waals surface area contributed by atoms with Gasteiger partial charge in [0.25, 0.3) is 0 Å². The molecule has 6 heteroatoms. The van der Waals surface area contributed by atoms with Gasteiger partial charge in [0.15, 0.2) is 0 Å². The molecule has 20 heavy (non-hydrogen) atoms. The first-order valence-electron chi connectivity index (χ1n) is 5.80. The molecule has 3 nitrogen and oxygen atoms in total. The third kappa shape index (κ3) is 4.07. The average Bonchev–Trinajstić information content (AvgIpc) is 2.41. The van der Waals surface area contributed by atoms with Crippen LogP contribution < -0.4 is 10.6 Å². The Labute approximate surface area is 142 Å². The van der Waals surface area contributed by atoms with E-state index in [-0.39, 0.29) is 12.5 Å². The largest absolute Gasteiger partial charge is 0.374 e. The van der Waals surface area contributed by atoms with Crippen molar-refractivity contribution < 1.29 is 4.79 Å². The van der Waals surface area contributed by atoms with E-state index in [1.165, 1.54) is 0 Å². The summed E-state index contributed by atoms with van der Waals surface area (Å²) >= 11 is 10.3. The van der Waals surface area contributed by atoms with Gasteiger partial charge in [-0.2, -0.15) is 0 Å². The summed E-state index contributed by atoms with van der Waals surface area (Å²) in [6.07, 6.45) is 0. The Hall–Kier alpha value is -0.850. The van der Waals surface area contributed by atoms with E-state index in [0.29, 0.717) is 0 Å². The van der Waals surface area contributed by atoms with Crippen LogP contribution >= 0.6 is 47.8 Å². The molecular weight excluding hydrogens is 452 g/mol. The smallest absolute Gasteiger partial charge is 0.243 e. The minimum atomic E-state index is -0.112. The lowest BCUT2D eigenvalue weighted by atomic mass is 10.3. The summed E-state index contributed by atoms with van der Waals surface area (Å²) in [7, 11) is 0. The number of hydrogen-bond donors (Lipinski definition) is 2. The van der Waals surface area contributed by atoms with E-state index < -0.39 is 0 Å². The molecule has 0 aliphatic rings. The van der Waals surface area contributed by atoms with Crippen molar-refractivity contribution in [1.29, 1.82) is 0 Å². The molecule has 0 unspecified atom stereocenters. The van der Waals surface area contributed by atoms with Crippen LogP contribution in [0.15, 0.2) is 55.9 Å². The number of rotatable bonds is 4. The first-order valence-corrected chi connectivity index (χ1v) is 8.18. The van der Waals surface area contributed by atoms with Gasteiger partial charge in [-0.3, -0.25) is 4.79 Å². The lowest BCUT2D eigenvalue weighted by Gasteiger charge is -2.11. The fourth-order valence-corrected chi connectivity index (χ4v) is 3.26. The molecule has 0 aromatic heterocycles. The molecular formula is C14H11Br3N2O. The highest BCUT2D eigenvalue weighted by Gasteiger charge is 2.08. The van der Waals surface area contributed by atoms with Crippen molar-refractivity contribution in [1.82, 2.24) is 0 Å². The summed E-state index contributed by atoms with van der Waals surface area (Å²) in [5.41, 5.74) is 1.61. The number of amides is 1. The number of hydrogen-bond acceptors (Lipinski definition) is 2. The molecule has 2 aromatic rings. The minimum Gasteiger partial charge on any atom is -0.374 e. The van der Waals surface area contributed by atoms with Crippen molar-refractivity contribution >= 4 is 65.1 Å². The maximum absolute atomic E-state index is 11.9. The molecule has 0 heterocycles. The molecule has 0 bridgehead atoms. The van der Waals surface area contributed by atoms with Gasteiger partial charge >= 0.3 is 0 Å². The summed E-state index contributed by atoms with van der Waals surface area (Å²) < 4.78 is 2.66. The van der Waals surface area contributed by atoms with Crippen LogP contribution in [0.1, 0.15) is 0 Å². The number of benzene rings is 2. The van der Waals surface area contributed by atoms with E-state index in [4.69, 9.17) is 0 Å². The van der Waals surface area contributed by atoms with Crippen molar-refractivity contribution in [3.8, 4) is 0 Å². The van der Waals surface area contributed by atoms with Crippen molar-refractivity contribution in [3.63, 3.8) is 0 Å². The zero-order chi connectivity index (χ0) is 14.5. The van der Waals surface area contributed by atoms with Gasteiger partial charge in [-0.05, 0) is 72.1 Å². The minimum absolute atomic E-state index is 0.112. The predicted molar refractivity (Wildman–Crippen MR) is 93.1 cm³/mol. The molecule has 104 valence electrons. The fraction of sp³-hybridized carbons (Fsp3) is 0.0714. The topological polar surface area (TPSA) is 41.1 Å². The molecule has 0 aliphatic carbocycles. The van der Waals surface area contributed by atoms with Crippen LogP contribution in [0.2, 0.25) is 0 Å². The number of carbonyl (C=O) groups excluding carboxylic acids is 1. The average molecular weight is 463 g/mol. The molecule has 2 N–H and O–H groups in total. The Bertz CT molecular complexity index is 611. The van der Waals surface area contributed by atoms with Crippen molar-refractivity contribution in [3.05, 3.63) is 55.9 Å². The molecule has 0 aliphatic heterocycles. The van der Waals surface area contributed by atoms with Crippen LogP contribution in [0.25, 0.3) is 0 Å². The second kappa shape index (κ2) is 7.24. The predicted octanol–water partition coefficient (Wildman–Crippen LogP) is 5.02. The number of nitrogens with one attached hydrogen (secondary N) is 2. The third-order valence-corrected chi connectivity index (χ3v) is 4.55. The van der Waals surface area contributed by atoms with E-state index in [9.17, 15) is 4.79 Å². The number of para-hydroxylation sites is 2. The zero-order valence-corrected chi connectivity index (χ0v) is 15.0. The van der Waals surface area contributed by atoms with E-state index in [1.807, 2.05) is 42.5 Å². The first kappa shape index (κ1) is 15.5. The van der Waals surface area contributed by atoms with Gasteiger partial charge in [0.2, 0.25) is 5.91 Å². The van der Waals surface area contributed by atoms with Gasteiger partial charge in [-0.1, -0.05) is 18.2 Å². The Morgan fingerprint density at radius 2 is 1.50 bits per heavy atom. The van der Waals surface area contributed by atoms with Gasteiger partial charge in [0.1, 0.15) is 0 Å². The standard InChI is InChI=1S/C14H11Br3N2O/c15-9-4-1-2-7-12(9)19-13(20)8-18-14-10(16)5-3-6-11(14)17/h1-7,18H,8H2,(H,19,20). The zero-order valence-electron chi connectivity index (χ0n) is 10.3. The van der Waals surface area contributed by atoms with Crippen molar-refractivity contribution in [2.45, 2.75) is 0 Å². The molecule has 0 atom stereocenters. The molecule has 1 amide bonds. The normalized spacial score (nSPS) is 10.2. The van der Waals surface area contributed by atoms with Gasteiger partial charge in [-0.25, -0.2) is 0 Å². The summed E-state index contributed by atoms with van der Waals surface area (Å²) in [6.45, 7) is 0.183. The summed E-state index contributed by atoms with van der Waals surface area (Å²) in [4.78, 5) is 11.9. The van der Waals surface area contributed by atoms with Gasteiger partial charge < -0.3 is 10.6 Å². The SMILES string of the molecule is O=C(CNc1c(Br)cccc1Br)Nc1ccccc1Br. The number of carbonyl (C=O) groups is 1. The maximum atomic E-state index is 11.9. The summed E-state index contributed by atoms with van der Waals surface area (Å²) in [6, 6.07) is 13.2. The monoisotopic (exact) mass is 460 g/mol. The Kier molecular flexibility index (Phi) is 5.63. The van der Waals surface area contributed by atoms with Gasteiger partial charge in [0.05, 0.1) is 17.9 Å². The first-order chi connectivity index (χ1) is 9.58. The van der Waals surface area contributed by atoms with Gasteiger partial charge in [0, 0.05) is 13.4 Å². The molecule has 2 aromatic carbocycles. The Morgan fingerprint density at radius 1 is 0.900 bits per heavy atom. The third-order valence-electron chi connectivity index (χ3n) is 2.54. The van der Waals surface area contributed by atoms with Crippen molar-refractivity contribution in [2.24, 2.45) is 0 Å². The van der Waals surface area contributed by atoms with Crippen LogP contribution in [0.4, 0.5) is 11.4 Å². The molecule has 0 saturated heterocycles. The summed E-state index contributed by atoms with van der Waals surface area (Å²) in [5.74, 6) is -0.112. The highest BCUT2D eigenvalue weighted by atomic mass is 79.9. The molecule has 0 spiro atoms. The maximum Gasteiger partial charge on any atom is 0.243 e. The second-order valence-corrected chi connectivity index (χ2v) is 6.54. The Balaban J connectivity index is 1.98. The highest BCUT2D eigenvalue weighted by molar-refractivity contribution is 9.11. The number of halogens is 3. The van der Waals surface area contributed by atoms with Crippen LogP contribution in [0, 0.1) is 0 Å². The van der Waals surface area contributed by atoms with Crippen LogP contribution in [-0.2, 0) is 4.79 Å². The van der Waals surface area contributed by atoms with E-state index >= 15 is 0 Å². The van der Waals surface area contributed by atoms with E-state index in [2.05, 4.69) is 58.4 Å². The summed E-state index contributed by atoms with van der Waals surface area (Å²) in [5, 5.41) is 5.94. The van der Waals surface area contributed by atoms with Gasteiger partial charge in [-0.15, -0.1) is 0 Å². The molecule has 0 fully saturated rings. The number of anilines is 2. The van der Waals surface area contributed by atoms with Crippen molar-refractivity contribution in [2.75, 3.05) is 17.2 Å². The van der Waals surface area contributed by atoms with Crippen LogP contribution in [0.5, 0.6) is 0 Å². The fourth-order valence-electron chi connectivity index (χ4n) is 1.59. The van der Waals surface area contributed by atoms with Crippen LogP contribution in [0.3, 0.4) is 0 Å². The Morgan fingerprint density at radius 3 is 2.15 bits per heavy atom. The van der Waals surface area contributed by atoms with E-state index in [1.54, 1.807) is 0 Å². The quantitative estimate of drug-likeness (QED) is 0.669. The lowest BCUT2D eigenvalue weighted by Crippen LogP contribution is -2.22. The molecule has 0 radical (unpaired) electrons. The second-order valence-electron chi connectivity index (χ2n) is 3.98. The lowest BCUT2D eigenvalue weighted by molar-refractivity contribution is -0.114. The van der Waals surface area contributed by atoms with Crippen LogP contribution in [-0.4, -0.2) is 12.5 Å².